The molecule has 0 bridgehead atoms. The van der Waals surface area contributed by atoms with Crippen LogP contribution in [-0.2, 0) is 20.2 Å². The van der Waals surface area contributed by atoms with E-state index < -0.39 is 16.1 Å². The summed E-state index contributed by atoms with van der Waals surface area (Å²) < 4.78 is 55.2. The van der Waals surface area contributed by atoms with Gasteiger partial charge < -0.3 is 44.7 Å². The maximum Gasteiger partial charge on any atom is 0.323 e. The van der Waals surface area contributed by atoms with Crippen molar-refractivity contribution in [3.05, 3.63) is 90.6 Å². The van der Waals surface area contributed by atoms with Crippen molar-refractivity contribution >= 4 is 55.4 Å². The van der Waals surface area contributed by atoms with Crippen molar-refractivity contribution in [3.63, 3.8) is 0 Å². The van der Waals surface area contributed by atoms with Crippen LogP contribution >= 0.6 is 0 Å². The number of carbonyl (C=O) groups excluding carboxylic acids is 1. The number of hydrogen-bond donors (Lipinski definition) is 5. The monoisotopic (exact) mass is 759 g/mol. The number of urea groups is 1. The number of aromatic nitrogens is 1. The number of amides is 2. The van der Waals surface area contributed by atoms with E-state index in [-0.39, 0.29) is 30.1 Å². The molecule has 0 spiro atoms. The predicted octanol–water partition coefficient (Wildman–Crippen LogP) is 7.49. The van der Waals surface area contributed by atoms with Crippen LogP contribution in [-0.4, -0.2) is 71.4 Å². The van der Waals surface area contributed by atoms with Crippen LogP contribution in [0.4, 0.5) is 33.4 Å². The Balaban J connectivity index is 1.34. The highest BCUT2D eigenvalue weighted by Crippen LogP contribution is 2.40. The molecule has 0 radical (unpaired) electrons. The lowest BCUT2D eigenvalue weighted by atomic mass is 9.86. The largest absolute Gasteiger partial charge is 0.497 e. The van der Waals surface area contributed by atoms with Gasteiger partial charge >= 0.3 is 6.03 Å². The van der Waals surface area contributed by atoms with Crippen LogP contribution in [0.25, 0.3) is 10.8 Å². The van der Waals surface area contributed by atoms with Gasteiger partial charge in [0.2, 0.25) is 10.0 Å². The molecule has 14 nitrogen and oxygen atoms in total. The molecule has 1 aromatic heterocycles. The quantitative estimate of drug-likeness (QED) is 0.0630. The number of anilines is 5. The van der Waals surface area contributed by atoms with Gasteiger partial charge in [-0.25, -0.2) is 18.2 Å². The number of fused-ring (bicyclic) bond motifs is 1. The number of pyridine rings is 1. The smallest absolute Gasteiger partial charge is 0.323 e. The molecule has 1 heterocycles. The zero-order valence-corrected chi connectivity index (χ0v) is 31.8. The molecule has 5 rings (SSSR count). The zero-order chi connectivity index (χ0) is 38.9. The van der Waals surface area contributed by atoms with E-state index in [9.17, 15) is 13.2 Å². The number of hydrogen-bond acceptors (Lipinski definition) is 11. The van der Waals surface area contributed by atoms with E-state index in [2.05, 4.69) is 25.7 Å². The van der Waals surface area contributed by atoms with Gasteiger partial charge in [0.25, 0.3) is 0 Å². The number of nitrogens with zero attached hydrogens (tertiary/aromatic N) is 1. The Morgan fingerprint density at radius 3 is 2.22 bits per heavy atom. The lowest BCUT2D eigenvalue weighted by Gasteiger charge is -2.24. The van der Waals surface area contributed by atoms with Gasteiger partial charge in [-0.3, -0.25) is 4.72 Å². The fraction of sp³-hybridized carbons (Fsp3) is 0.282. The van der Waals surface area contributed by atoms with Crippen molar-refractivity contribution in [3.8, 4) is 28.7 Å². The van der Waals surface area contributed by atoms with Crippen LogP contribution < -0.4 is 39.6 Å². The summed E-state index contributed by atoms with van der Waals surface area (Å²) in [5, 5.41) is 19.4. The Morgan fingerprint density at radius 2 is 1.52 bits per heavy atom. The standard InChI is InChI=1S/C39H45N5O9S/c1-39(2,3)25-19-33(37(50-5)34(20-25)44-54(6,47)48)43-38(46)42-32-11-12-35(31-10-8-7-9-30(31)32)53-27-13-14-40-36(24-27)41-26-21-28(49-4)23-29(22-26)52-18-17-51-16-15-45/h7-14,19-24,44-45H,15-18H2,1-6H3,(H,40,41)(H2,42,43,46). The lowest BCUT2D eigenvalue weighted by molar-refractivity contribution is 0.0705. The van der Waals surface area contributed by atoms with Crippen molar-refractivity contribution in [2.24, 2.45) is 0 Å². The third-order valence-corrected chi connectivity index (χ3v) is 8.50. The molecule has 54 heavy (non-hydrogen) atoms. The van der Waals surface area contributed by atoms with E-state index in [1.54, 1.807) is 55.8 Å². The van der Waals surface area contributed by atoms with Crippen molar-refractivity contribution in [1.29, 1.82) is 0 Å². The topological polar surface area (TPSA) is 179 Å². The minimum atomic E-state index is -3.64. The summed E-state index contributed by atoms with van der Waals surface area (Å²) in [6, 6.07) is 22.7. The van der Waals surface area contributed by atoms with Crippen LogP contribution in [0, 0.1) is 0 Å². The highest BCUT2D eigenvalue weighted by Gasteiger charge is 2.22. The van der Waals surface area contributed by atoms with Gasteiger partial charge in [0.05, 0.1) is 57.4 Å². The van der Waals surface area contributed by atoms with E-state index in [1.807, 2.05) is 57.2 Å². The molecule has 0 fully saturated rings. The van der Waals surface area contributed by atoms with Gasteiger partial charge in [-0.05, 0) is 41.3 Å². The van der Waals surface area contributed by atoms with Gasteiger partial charge in [-0.2, -0.15) is 0 Å². The van der Waals surface area contributed by atoms with Crippen molar-refractivity contribution < 1.29 is 42.0 Å². The number of carbonyl (C=O) groups is 1. The summed E-state index contributed by atoms with van der Waals surface area (Å²) in [4.78, 5) is 17.9. The molecule has 0 aliphatic carbocycles. The van der Waals surface area contributed by atoms with E-state index in [1.165, 1.54) is 7.11 Å². The van der Waals surface area contributed by atoms with Crippen LogP contribution in [0.5, 0.6) is 28.7 Å². The Morgan fingerprint density at radius 1 is 0.796 bits per heavy atom. The number of sulfonamides is 1. The predicted molar refractivity (Wildman–Crippen MR) is 211 cm³/mol. The van der Waals surface area contributed by atoms with E-state index in [0.717, 1.165) is 22.6 Å². The summed E-state index contributed by atoms with van der Waals surface area (Å²) in [6.45, 7) is 6.76. The molecule has 0 unspecified atom stereocenters. The Bertz CT molecular complexity index is 2210. The Hall–Kier alpha value is -5.77. The first-order valence-electron chi connectivity index (χ1n) is 17.0. The first-order chi connectivity index (χ1) is 25.8. The molecule has 286 valence electrons. The molecule has 15 heteroatoms. The molecular formula is C39H45N5O9S. The SMILES string of the molecule is COc1cc(Nc2cc(Oc3ccc(NC(=O)Nc4cc(C(C)(C)C)cc(NS(C)(=O)=O)c4OC)c4ccccc34)ccn2)cc(OCCOCCO)c1. The number of aliphatic hydroxyl groups excluding tert-OH is 1. The molecule has 0 saturated heterocycles. The van der Waals surface area contributed by atoms with Gasteiger partial charge in [-0.1, -0.05) is 45.0 Å². The third-order valence-electron chi connectivity index (χ3n) is 7.91. The van der Waals surface area contributed by atoms with E-state index in [0.29, 0.717) is 59.1 Å². The number of benzene rings is 4. The molecule has 0 aliphatic heterocycles. The average molecular weight is 760 g/mol. The van der Waals surface area contributed by atoms with Crippen LogP contribution in [0.3, 0.4) is 0 Å². The van der Waals surface area contributed by atoms with Crippen LogP contribution in [0.1, 0.15) is 26.3 Å². The molecular weight excluding hydrogens is 715 g/mol. The lowest BCUT2D eigenvalue weighted by Crippen LogP contribution is -2.22. The summed E-state index contributed by atoms with van der Waals surface area (Å²) in [7, 11) is -0.667. The maximum absolute atomic E-state index is 13.5. The summed E-state index contributed by atoms with van der Waals surface area (Å²) in [6.07, 6.45) is 2.67. The van der Waals surface area contributed by atoms with Gasteiger partial charge in [-0.15, -0.1) is 0 Å². The first-order valence-corrected chi connectivity index (χ1v) is 18.9. The average Bonchev–Trinajstić information content (AvgIpc) is 3.11. The molecule has 2 amide bonds. The molecule has 5 aromatic rings. The highest BCUT2D eigenvalue weighted by atomic mass is 32.2. The second-order valence-electron chi connectivity index (χ2n) is 13.2. The van der Waals surface area contributed by atoms with Gasteiger partial charge in [0.1, 0.15) is 35.4 Å². The van der Waals surface area contributed by atoms with E-state index >= 15 is 0 Å². The molecule has 4 aromatic carbocycles. The fourth-order valence-corrected chi connectivity index (χ4v) is 5.99. The molecule has 5 N–H and O–H groups in total. The van der Waals surface area contributed by atoms with Crippen LogP contribution in [0.2, 0.25) is 0 Å². The van der Waals surface area contributed by atoms with Crippen molar-refractivity contribution in [2.75, 3.05) is 67.6 Å². The zero-order valence-electron chi connectivity index (χ0n) is 31.0. The number of rotatable bonds is 16. The summed E-state index contributed by atoms with van der Waals surface area (Å²) in [5.41, 5.74) is 2.12. The van der Waals surface area contributed by atoms with E-state index in [4.69, 9.17) is 28.8 Å². The highest BCUT2D eigenvalue weighted by molar-refractivity contribution is 7.92. The van der Waals surface area contributed by atoms with Gasteiger partial charge in [0.15, 0.2) is 5.75 Å². The third kappa shape index (κ3) is 10.7. The van der Waals surface area contributed by atoms with Crippen molar-refractivity contribution in [1.82, 2.24) is 4.98 Å². The van der Waals surface area contributed by atoms with Gasteiger partial charge in [0, 0.05) is 46.9 Å². The molecule has 0 saturated carbocycles. The molecule has 0 atom stereocenters. The second-order valence-corrected chi connectivity index (χ2v) is 14.9. The Labute approximate surface area is 314 Å². The van der Waals surface area contributed by atoms with Crippen LogP contribution in [0.15, 0.2) is 85.1 Å². The minimum absolute atomic E-state index is 0.0529. The first kappa shape index (κ1) is 39.4. The normalized spacial score (nSPS) is 11.5. The number of methoxy groups -OCH3 is 2. The molecule has 0 aliphatic rings. The summed E-state index contributed by atoms with van der Waals surface area (Å²) in [5.74, 6) is 2.89. The second kappa shape index (κ2) is 17.4. The number of nitrogens with one attached hydrogen (secondary N) is 4. The fourth-order valence-electron chi connectivity index (χ4n) is 5.44. The maximum atomic E-state index is 13.5. The minimum Gasteiger partial charge on any atom is -0.497 e. The summed E-state index contributed by atoms with van der Waals surface area (Å²) >= 11 is 0. The number of aliphatic hydroxyl groups is 1. The van der Waals surface area contributed by atoms with Crippen molar-refractivity contribution in [2.45, 2.75) is 26.2 Å². The number of ether oxygens (including phenoxy) is 5. The Kier molecular flexibility index (Phi) is 12.7.